The molecule has 0 saturated heterocycles. The van der Waals surface area contributed by atoms with Crippen molar-refractivity contribution in [3.63, 3.8) is 0 Å². The molecule has 0 atom stereocenters. The number of rotatable bonds is 3. The molecule has 0 heterocycles. The summed E-state index contributed by atoms with van der Waals surface area (Å²) in [5.74, 6) is 0.712. The fourth-order valence-electron chi connectivity index (χ4n) is 1.58. The molecule has 0 unspecified atom stereocenters. The van der Waals surface area contributed by atoms with Crippen LogP contribution in [0, 0.1) is 4.91 Å². The van der Waals surface area contributed by atoms with Crippen molar-refractivity contribution < 1.29 is 4.74 Å². The lowest BCUT2D eigenvalue weighted by molar-refractivity contribution is 0.314. The van der Waals surface area contributed by atoms with E-state index in [1.54, 1.807) is 0 Å². The highest BCUT2D eigenvalue weighted by Gasteiger charge is 2.30. The van der Waals surface area contributed by atoms with Crippen LogP contribution in [0.1, 0.15) is 12.8 Å². The van der Waals surface area contributed by atoms with Crippen molar-refractivity contribution in [3.8, 4) is 5.75 Å². The second-order valence-corrected chi connectivity index (χ2v) is 4.15. The molecule has 0 amide bonds. The third-order valence-electron chi connectivity index (χ3n) is 2.54. The van der Waals surface area contributed by atoms with Gasteiger partial charge in [-0.05, 0) is 37.2 Å². The average Bonchev–Trinajstić information content (AvgIpc) is 2.24. The Morgan fingerprint density at radius 2 is 2.06 bits per heavy atom. The van der Waals surface area contributed by atoms with E-state index in [4.69, 9.17) is 17.0 Å². The highest BCUT2D eigenvalue weighted by atomic mass is 32.1. The predicted molar refractivity (Wildman–Crippen MR) is 65.4 cm³/mol. The summed E-state index contributed by atoms with van der Waals surface area (Å²) < 4.78 is 5.40. The van der Waals surface area contributed by atoms with Gasteiger partial charge in [-0.25, -0.2) is 0 Å². The average molecular weight is 236 g/mol. The van der Waals surface area contributed by atoms with Crippen molar-refractivity contribution in [1.29, 1.82) is 0 Å². The van der Waals surface area contributed by atoms with Crippen molar-refractivity contribution in [1.82, 2.24) is 5.32 Å². The van der Waals surface area contributed by atoms with Crippen LogP contribution in [0.4, 0.5) is 0 Å². The molecule has 0 bridgehead atoms. The Morgan fingerprint density at radius 3 is 2.69 bits per heavy atom. The number of nitrogens with zero attached hydrogens (tertiary/aromatic N) is 1. The zero-order valence-corrected chi connectivity index (χ0v) is 9.44. The van der Waals surface area contributed by atoms with Gasteiger partial charge in [-0.1, -0.05) is 23.4 Å². The zero-order chi connectivity index (χ0) is 11.4. The Balaban J connectivity index is 1.75. The smallest absolute Gasteiger partial charge is 0.262 e. The quantitative estimate of drug-likeness (QED) is 0.646. The normalized spacial score (nSPS) is 23.0. The van der Waals surface area contributed by atoms with Crippen LogP contribution in [0.15, 0.2) is 35.5 Å². The maximum absolute atomic E-state index is 10.2. The van der Waals surface area contributed by atoms with E-state index in [2.05, 4.69) is 10.5 Å². The van der Waals surface area contributed by atoms with Gasteiger partial charge in [0.25, 0.3) is 5.17 Å². The molecule has 5 heteroatoms. The van der Waals surface area contributed by atoms with Crippen molar-refractivity contribution in [2.45, 2.75) is 24.9 Å². The first kappa shape index (κ1) is 11.0. The maximum atomic E-state index is 10.2. The monoisotopic (exact) mass is 236 g/mol. The number of para-hydroxylation sites is 1. The van der Waals surface area contributed by atoms with Crippen LogP contribution in [0.2, 0.25) is 0 Å². The molecular weight excluding hydrogens is 224 g/mol. The number of nitroso groups, excluding NO2 is 1. The van der Waals surface area contributed by atoms with Crippen LogP contribution in [0.5, 0.6) is 5.75 Å². The summed E-state index contributed by atoms with van der Waals surface area (Å²) in [6, 6.07) is 9.52. The number of benzene rings is 1. The van der Waals surface area contributed by atoms with E-state index in [9.17, 15) is 4.91 Å². The lowest BCUT2D eigenvalue weighted by atomic mass is 9.88. The molecule has 1 aromatic rings. The van der Waals surface area contributed by atoms with Gasteiger partial charge < -0.3 is 10.1 Å². The molecule has 1 N–H and O–H groups in total. The molecule has 0 aromatic heterocycles. The van der Waals surface area contributed by atoms with Crippen molar-refractivity contribution in [3.05, 3.63) is 35.2 Å². The number of thiocarbonyl (C=S) groups is 1. The van der Waals surface area contributed by atoms with E-state index in [-0.39, 0.29) is 12.1 Å². The van der Waals surface area contributed by atoms with Gasteiger partial charge >= 0.3 is 0 Å². The molecular formula is C11H12N2O2S. The minimum atomic E-state index is -0.0583. The van der Waals surface area contributed by atoms with Crippen LogP contribution >= 0.6 is 12.2 Å². The Kier molecular flexibility index (Phi) is 3.46. The molecule has 1 aliphatic rings. The van der Waals surface area contributed by atoms with E-state index < -0.39 is 0 Å². The summed E-state index contributed by atoms with van der Waals surface area (Å²) >= 11 is 5.05. The number of nitrogens with one attached hydrogen (secondary N) is 1. The van der Waals surface area contributed by atoms with Gasteiger partial charge in [0.1, 0.15) is 5.75 Å². The van der Waals surface area contributed by atoms with Gasteiger partial charge in [0.2, 0.25) is 0 Å². The summed E-state index contributed by atoms with van der Waals surface area (Å²) in [7, 11) is 0. The minimum absolute atomic E-state index is 0.0583. The highest BCUT2D eigenvalue weighted by molar-refractivity contribution is 7.80. The number of hydrogen-bond acceptors (Lipinski definition) is 4. The molecule has 84 valence electrons. The lowest BCUT2D eigenvalue weighted by Crippen LogP contribution is -2.46. The van der Waals surface area contributed by atoms with Gasteiger partial charge in [-0.3, -0.25) is 0 Å². The molecule has 16 heavy (non-hydrogen) atoms. The molecule has 0 spiro atoms. The first-order valence-electron chi connectivity index (χ1n) is 5.14. The largest absolute Gasteiger partial charge is 0.432 e. The van der Waals surface area contributed by atoms with E-state index in [0.29, 0.717) is 10.9 Å². The second kappa shape index (κ2) is 5.03. The molecule has 1 aliphatic carbocycles. The Hall–Kier alpha value is -1.49. The zero-order valence-electron chi connectivity index (χ0n) is 8.63. The molecule has 0 aliphatic heterocycles. The SMILES string of the molecule is O=NC1CC(NC(=S)Oc2ccccc2)C1. The fraction of sp³-hybridized carbons (Fsp3) is 0.364. The van der Waals surface area contributed by atoms with E-state index in [0.717, 1.165) is 12.8 Å². The standard InChI is InChI=1S/C11H12N2O2S/c14-13-9-6-8(7-9)12-11(16)15-10-4-2-1-3-5-10/h1-5,8-9H,6-7H2,(H,12,16). The summed E-state index contributed by atoms with van der Waals surface area (Å²) in [6.45, 7) is 0. The first-order valence-corrected chi connectivity index (χ1v) is 5.54. The summed E-state index contributed by atoms with van der Waals surface area (Å²) in [5.41, 5.74) is 0. The third kappa shape index (κ3) is 2.76. The topological polar surface area (TPSA) is 50.7 Å². The van der Waals surface area contributed by atoms with Crippen molar-refractivity contribution in [2.24, 2.45) is 5.18 Å². The summed E-state index contributed by atoms with van der Waals surface area (Å²) in [4.78, 5) is 10.2. The van der Waals surface area contributed by atoms with E-state index in [1.165, 1.54) is 0 Å². The van der Waals surface area contributed by atoms with Crippen LogP contribution in [-0.4, -0.2) is 17.3 Å². The van der Waals surface area contributed by atoms with Crippen molar-refractivity contribution in [2.75, 3.05) is 0 Å². The highest BCUT2D eigenvalue weighted by Crippen LogP contribution is 2.23. The molecule has 1 saturated carbocycles. The maximum Gasteiger partial charge on any atom is 0.262 e. The first-order chi connectivity index (χ1) is 7.78. The van der Waals surface area contributed by atoms with Gasteiger partial charge in [-0.2, -0.15) is 4.91 Å². The fourth-order valence-corrected chi connectivity index (χ4v) is 1.85. The van der Waals surface area contributed by atoms with E-state index >= 15 is 0 Å². The van der Waals surface area contributed by atoms with E-state index in [1.807, 2.05) is 30.3 Å². The lowest BCUT2D eigenvalue weighted by Gasteiger charge is -2.31. The van der Waals surface area contributed by atoms with Crippen LogP contribution in [0.25, 0.3) is 0 Å². The predicted octanol–water partition coefficient (Wildman–Crippen LogP) is 2.24. The van der Waals surface area contributed by atoms with Gasteiger partial charge in [0.05, 0.1) is 6.04 Å². The van der Waals surface area contributed by atoms with Gasteiger partial charge in [0, 0.05) is 6.04 Å². The van der Waals surface area contributed by atoms with Crippen LogP contribution in [-0.2, 0) is 0 Å². The van der Waals surface area contributed by atoms with Crippen LogP contribution in [0.3, 0.4) is 0 Å². The Labute approximate surface area is 99.0 Å². The number of ether oxygens (including phenoxy) is 1. The Morgan fingerprint density at radius 1 is 1.38 bits per heavy atom. The molecule has 1 fully saturated rings. The van der Waals surface area contributed by atoms with Gasteiger partial charge in [-0.15, -0.1) is 0 Å². The molecule has 1 aromatic carbocycles. The summed E-state index contributed by atoms with van der Waals surface area (Å²) in [6.07, 6.45) is 1.48. The second-order valence-electron chi connectivity index (χ2n) is 3.77. The van der Waals surface area contributed by atoms with Gasteiger partial charge in [0.15, 0.2) is 0 Å². The van der Waals surface area contributed by atoms with Crippen LogP contribution < -0.4 is 10.1 Å². The van der Waals surface area contributed by atoms with Crippen molar-refractivity contribution >= 4 is 17.4 Å². The molecule has 0 radical (unpaired) electrons. The third-order valence-corrected chi connectivity index (χ3v) is 2.74. The summed E-state index contributed by atoms with van der Waals surface area (Å²) in [5, 5.41) is 6.35. The number of hydrogen-bond donors (Lipinski definition) is 1. The minimum Gasteiger partial charge on any atom is -0.432 e. The molecule has 4 nitrogen and oxygen atoms in total. The molecule has 2 rings (SSSR count). The Bertz CT molecular complexity index is 377.